The molecule has 1 saturated carbocycles. The van der Waals surface area contributed by atoms with Gasteiger partial charge in [-0.2, -0.15) is 0 Å². The molecule has 3 rings (SSSR count). The number of amides is 2. The Morgan fingerprint density at radius 2 is 1.93 bits per heavy atom. The van der Waals surface area contributed by atoms with Crippen molar-refractivity contribution in [1.29, 1.82) is 0 Å². The molecule has 2 fully saturated rings. The highest BCUT2D eigenvalue weighted by Crippen LogP contribution is 2.26. The van der Waals surface area contributed by atoms with E-state index in [4.69, 9.17) is 9.15 Å². The van der Waals surface area contributed by atoms with Crippen LogP contribution in [0.5, 0.6) is 0 Å². The average molecular weight is 391 g/mol. The smallest absolute Gasteiger partial charge is 0.242 e. The Bertz CT molecular complexity index is 616. The molecule has 6 nitrogen and oxygen atoms in total. The molecule has 1 aliphatic carbocycles. The molecule has 28 heavy (non-hydrogen) atoms. The predicted octanol–water partition coefficient (Wildman–Crippen LogP) is 3.60. The monoisotopic (exact) mass is 390 g/mol. The first-order chi connectivity index (χ1) is 13.5. The molecule has 1 atom stereocenters. The van der Waals surface area contributed by atoms with Crippen molar-refractivity contribution >= 4 is 11.8 Å². The lowest BCUT2D eigenvalue weighted by molar-refractivity contribution is -0.146. The van der Waals surface area contributed by atoms with Crippen LogP contribution in [-0.4, -0.2) is 53.5 Å². The van der Waals surface area contributed by atoms with Crippen LogP contribution in [0, 0.1) is 5.92 Å². The largest absolute Gasteiger partial charge is 0.467 e. The van der Waals surface area contributed by atoms with Crippen LogP contribution in [0.25, 0.3) is 0 Å². The summed E-state index contributed by atoms with van der Waals surface area (Å²) < 4.78 is 11.2. The molecule has 1 unspecified atom stereocenters. The Morgan fingerprint density at radius 3 is 2.54 bits per heavy atom. The van der Waals surface area contributed by atoms with Crippen molar-refractivity contribution in [1.82, 2.24) is 9.80 Å². The van der Waals surface area contributed by atoms with Crippen LogP contribution in [0.3, 0.4) is 0 Å². The van der Waals surface area contributed by atoms with Crippen LogP contribution >= 0.6 is 0 Å². The lowest BCUT2D eigenvalue weighted by atomic mass is 9.88. The Labute approximate surface area is 168 Å². The number of hydrogen-bond donors (Lipinski definition) is 0. The third kappa shape index (κ3) is 5.60. The van der Waals surface area contributed by atoms with Gasteiger partial charge in [0.2, 0.25) is 11.8 Å². The summed E-state index contributed by atoms with van der Waals surface area (Å²) in [6.07, 6.45) is 9.02. The highest BCUT2D eigenvalue weighted by molar-refractivity contribution is 5.86. The molecular formula is C22H34N2O4. The number of carbonyl (C=O) groups excluding carboxylic acids is 2. The van der Waals surface area contributed by atoms with Crippen molar-refractivity contribution in [3.05, 3.63) is 24.2 Å². The summed E-state index contributed by atoms with van der Waals surface area (Å²) in [6, 6.07) is 3.71. The minimum atomic E-state index is -0.0373. The number of rotatable bonds is 8. The maximum atomic E-state index is 13.2. The molecule has 1 saturated heterocycles. The van der Waals surface area contributed by atoms with E-state index in [9.17, 15) is 9.59 Å². The van der Waals surface area contributed by atoms with E-state index in [1.165, 1.54) is 6.42 Å². The molecule has 2 amide bonds. The van der Waals surface area contributed by atoms with Gasteiger partial charge in [-0.3, -0.25) is 9.59 Å². The number of carbonyl (C=O) groups is 2. The van der Waals surface area contributed by atoms with Crippen molar-refractivity contribution < 1.29 is 18.7 Å². The molecular weight excluding hydrogens is 356 g/mol. The summed E-state index contributed by atoms with van der Waals surface area (Å²) in [5, 5.41) is 0. The molecule has 0 bridgehead atoms. The molecule has 2 heterocycles. The number of furan rings is 1. The maximum Gasteiger partial charge on any atom is 0.242 e. The lowest BCUT2D eigenvalue weighted by Gasteiger charge is -2.34. The highest BCUT2D eigenvalue weighted by atomic mass is 16.5. The van der Waals surface area contributed by atoms with Crippen LogP contribution in [0.1, 0.15) is 64.6 Å². The summed E-state index contributed by atoms with van der Waals surface area (Å²) in [7, 11) is 0. The second-order valence-corrected chi connectivity index (χ2v) is 8.38. The van der Waals surface area contributed by atoms with Gasteiger partial charge in [-0.15, -0.1) is 0 Å². The van der Waals surface area contributed by atoms with E-state index in [0.29, 0.717) is 13.1 Å². The fraction of sp³-hybridized carbons (Fsp3) is 0.727. The van der Waals surface area contributed by atoms with E-state index in [0.717, 1.165) is 50.9 Å². The zero-order chi connectivity index (χ0) is 19.9. The van der Waals surface area contributed by atoms with E-state index in [-0.39, 0.29) is 36.4 Å². The molecule has 1 aliphatic heterocycles. The standard InChI is InChI=1S/C22H34N2O4/c1-17(2)24(22(26)18-8-4-3-5-9-18)16-21(25)23(14-19-10-6-12-27-19)15-20-11-7-13-28-20/h6,10,12,17-18,20H,3-5,7-9,11,13-16H2,1-2H3. The van der Waals surface area contributed by atoms with Gasteiger partial charge >= 0.3 is 0 Å². The fourth-order valence-corrected chi connectivity index (χ4v) is 4.22. The first kappa shape index (κ1) is 20.9. The summed E-state index contributed by atoms with van der Waals surface area (Å²) >= 11 is 0. The van der Waals surface area contributed by atoms with Gasteiger partial charge in [0.1, 0.15) is 12.3 Å². The second kappa shape index (κ2) is 10.1. The van der Waals surface area contributed by atoms with Gasteiger partial charge in [0.15, 0.2) is 0 Å². The Kier molecular flexibility index (Phi) is 7.54. The Morgan fingerprint density at radius 1 is 1.14 bits per heavy atom. The number of hydrogen-bond acceptors (Lipinski definition) is 4. The van der Waals surface area contributed by atoms with Crippen molar-refractivity contribution in [2.45, 2.75) is 77.5 Å². The van der Waals surface area contributed by atoms with E-state index in [2.05, 4.69) is 0 Å². The molecule has 1 aromatic heterocycles. The van der Waals surface area contributed by atoms with Gasteiger partial charge in [0, 0.05) is 25.1 Å². The molecule has 0 spiro atoms. The minimum Gasteiger partial charge on any atom is -0.467 e. The van der Waals surface area contributed by atoms with E-state index in [1.807, 2.05) is 26.0 Å². The van der Waals surface area contributed by atoms with Gasteiger partial charge < -0.3 is 19.0 Å². The SMILES string of the molecule is CC(C)N(CC(=O)N(Cc1ccco1)CC1CCCO1)C(=O)C1CCCCC1. The van der Waals surface area contributed by atoms with Crippen LogP contribution in [0.15, 0.2) is 22.8 Å². The third-order valence-corrected chi connectivity index (χ3v) is 5.89. The van der Waals surface area contributed by atoms with E-state index in [1.54, 1.807) is 16.1 Å². The Hall–Kier alpha value is -1.82. The number of ether oxygens (including phenoxy) is 1. The van der Waals surface area contributed by atoms with Crippen LogP contribution in [0.4, 0.5) is 0 Å². The van der Waals surface area contributed by atoms with Crippen molar-refractivity contribution in [2.24, 2.45) is 5.92 Å². The predicted molar refractivity (Wildman–Crippen MR) is 107 cm³/mol. The lowest BCUT2D eigenvalue weighted by Crippen LogP contribution is -2.49. The summed E-state index contributed by atoms with van der Waals surface area (Å²) in [4.78, 5) is 29.8. The first-order valence-corrected chi connectivity index (χ1v) is 10.8. The van der Waals surface area contributed by atoms with Gasteiger partial charge in [-0.05, 0) is 51.7 Å². The summed E-state index contributed by atoms with van der Waals surface area (Å²) in [6.45, 7) is 5.82. The van der Waals surface area contributed by atoms with Crippen molar-refractivity contribution in [2.75, 3.05) is 19.7 Å². The molecule has 6 heteroatoms. The van der Waals surface area contributed by atoms with E-state index < -0.39 is 0 Å². The van der Waals surface area contributed by atoms with E-state index >= 15 is 0 Å². The fourth-order valence-electron chi connectivity index (χ4n) is 4.22. The third-order valence-electron chi connectivity index (χ3n) is 5.89. The molecule has 156 valence electrons. The number of nitrogens with zero attached hydrogens (tertiary/aromatic N) is 2. The maximum absolute atomic E-state index is 13.2. The molecule has 0 aromatic carbocycles. The Balaban J connectivity index is 1.67. The van der Waals surface area contributed by atoms with Gasteiger partial charge in [0.05, 0.1) is 18.9 Å². The van der Waals surface area contributed by atoms with Gasteiger partial charge in [0.25, 0.3) is 0 Å². The quantitative estimate of drug-likeness (QED) is 0.680. The van der Waals surface area contributed by atoms with Crippen LogP contribution in [-0.2, 0) is 20.9 Å². The topological polar surface area (TPSA) is 63.0 Å². The van der Waals surface area contributed by atoms with Crippen molar-refractivity contribution in [3.8, 4) is 0 Å². The minimum absolute atomic E-state index is 0.00608. The summed E-state index contributed by atoms with van der Waals surface area (Å²) in [5.41, 5.74) is 0. The van der Waals surface area contributed by atoms with Gasteiger partial charge in [-0.25, -0.2) is 0 Å². The molecule has 2 aliphatic rings. The zero-order valence-corrected chi connectivity index (χ0v) is 17.3. The molecule has 1 aromatic rings. The van der Waals surface area contributed by atoms with Crippen LogP contribution < -0.4 is 0 Å². The molecule has 0 radical (unpaired) electrons. The zero-order valence-electron chi connectivity index (χ0n) is 17.3. The summed E-state index contributed by atoms with van der Waals surface area (Å²) in [5.74, 6) is 0.921. The first-order valence-electron chi connectivity index (χ1n) is 10.8. The van der Waals surface area contributed by atoms with Crippen LogP contribution in [0.2, 0.25) is 0 Å². The second-order valence-electron chi connectivity index (χ2n) is 8.38. The average Bonchev–Trinajstić information content (AvgIpc) is 3.39. The highest BCUT2D eigenvalue weighted by Gasteiger charge is 2.31. The van der Waals surface area contributed by atoms with Gasteiger partial charge in [-0.1, -0.05) is 19.3 Å². The normalized spacial score (nSPS) is 20.5. The molecule has 0 N–H and O–H groups in total. The van der Waals surface area contributed by atoms with Crippen molar-refractivity contribution in [3.63, 3.8) is 0 Å².